The van der Waals surface area contributed by atoms with Gasteiger partial charge in [0.1, 0.15) is 12.2 Å². The van der Waals surface area contributed by atoms with Gasteiger partial charge in [0.15, 0.2) is 0 Å². The summed E-state index contributed by atoms with van der Waals surface area (Å²) in [7, 11) is 0. The van der Waals surface area contributed by atoms with E-state index in [2.05, 4.69) is 15.9 Å². The molecule has 0 aliphatic carbocycles. The Hall–Kier alpha value is -1.96. The van der Waals surface area contributed by atoms with Crippen LogP contribution in [0.25, 0.3) is 0 Å². The second-order valence-corrected chi connectivity index (χ2v) is 3.77. The monoisotopic (exact) mass is 303 g/mol. The average molecular weight is 304 g/mol. The fraction of sp³-hybridized carbons (Fsp3) is 0.111. The molecule has 1 aromatic carbocycles. The highest BCUT2D eigenvalue weighted by Crippen LogP contribution is 2.29. The topological polar surface area (TPSA) is 107 Å². The number of hydrogen-bond acceptors (Lipinski definition) is 5. The molecular weight excluding hydrogens is 298 g/mol. The van der Waals surface area contributed by atoms with Crippen molar-refractivity contribution in [3.63, 3.8) is 0 Å². The van der Waals surface area contributed by atoms with Crippen molar-refractivity contribution in [1.82, 2.24) is 0 Å². The number of rotatable bonds is 4. The third-order valence-electron chi connectivity index (χ3n) is 1.65. The minimum absolute atomic E-state index is 0.0295. The third-order valence-corrected chi connectivity index (χ3v) is 2.27. The molecule has 0 fully saturated rings. The van der Waals surface area contributed by atoms with Crippen LogP contribution in [0.3, 0.4) is 0 Å². The molecule has 0 aliphatic rings. The van der Waals surface area contributed by atoms with Crippen LogP contribution in [0.15, 0.2) is 22.7 Å². The fourth-order valence-electron chi connectivity index (χ4n) is 0.968. The van der Waals surface area contributed by atoms with Crippen LogP contribution in [-0.2, 0) is 9.59 Å². The Bertz CT molecular complexity index is 486. The second kappa shape index (κ2) is 5.39. The fourth-order valence-corrected chi connectivity index (χ4v) is 1.42. The first kappa shape index (κ1) is 13.1. The number of nitrogens with zero attached hydrogens (tertiary/aromatic N) is 1. The van der Waals surface area contributed by atoms with Crippen molar-refractivity contribution < 1.29 is 24.4 Å². The van der Waals surface area contributed by atoms with Crippen molar-refractivity contribution >= 4 is 33.6 Å². The first-order chi connectivity index (χ1) is 7.90. The summed E-state index contributed by atoms with van der Waals surface area (Å²) in [5.74, 6) is -2.23. The van der Waals surface area contributed by atoms with Gasteiger partial charge in [-0.15, -0.1) is 0 Å². The average Bonchev–Trinajstić information content (AvgIpc) is 2.19. The van der Waals surface area contributed by atoms with E-state index in [0.29, 0.717) is 0 Å². The molecule has 0 unspecified atom stereocenters. The number of benzene rings is 1. The minimum atomic E-state index is -1.31. The zero-order valence-electron chi connectivity index (χ0n) is 8.25. The summed E-state index contributed by atoms with van der Waals surface area (Å²) in [5.41, 5.74) is -0.171. The lowest BCUT2D eigenvalue weighted by atomic mass is 10.3. The SMILES string of the molecule is O=C(O)CC(=O)Oc1ccc([N+](=O)[O-])cc1Br. The van der Waals surface area contributed by atoms with Crippen molar-refractivity contribution in [3.8, 4) is 5.75 Å². The van der Waals surface area contributed by atoms with Gasteiger partial charge in [0.2, 0.25) is 0 Å². The van der Waals surface area contributed by atoms with E-state index >= 15 is 0 Å². The maximum atomic E-state index is 11.0. The molecule has 0 atom stereocenters. The lowest BCUT2D eigenvalue weighted by Crippen LogP contribution is -2.13. The summed E-state index contributed by atoms with van der Waals surface area (Å²) in [6.45, 7) is 0. The summed E-state index contributed by atoms with van der Waals surface area (Å²) in [5, 5.41) is 18.8. The highest BCUT2D eigenvalue weighted by Gasteiger charge is 2.14. The predicted molar refractivity (Wildman–Crippen MR) is 58.7 cm³/mol. The van der Waals surface area contributed by atoms with E-state index in [9.17, 15) is 19.7 Å². The molecule has 0 heterocycles. The Balaban J connectivity index is 2.83. The summed E-state index contributed by atoms with van der Waals surface area (Å²) in [6.07, 6.45) is -0.774. The Morgan fingerprint density at radius 3 is 2.59 bits per heavy atom. The van der Waals surface area contributed by atoms with E-state index in [1.54, 1.807) is 0 Å². The molecule has 0 saturated heterocycles. The van der Waals surface area contributed by atoms with Gasteiger partial charge < -0.3 is 9.84 Å². The van der Waals surface area contributed by atoms with Gasteiger partial charge in [-0.2, -0.15) is 0 Å². The molecule has 1 rings (SSSR count). The maximum absolute atomic E-state index is 11.0. The van der Waals surface area contributed by atoms with Crippen LogP contribution in [0.2, 0.25) is 0 Å². The lowest BCUT2D eigenvalue weighted by Gasteiger charge is -2.04. The number of non-ortho nitro benzene ring substituents is 1. The Morgan fingerprint density at radius 1 is 1.47 bits per heavy atom. The number of ether oxygens (including phenoxy) is 1. The van der Waals surface area contributed by atoms with Crippen LogP contribution in [0.4, 0.5) is 5.69 Å². The molecule has 0 aromatic heterocycles. The highest BCUT2D eigenvalue weighted by atomic mass is 79.9. The number of carbonyl (C=O) groups excluding carboxylic acids is 1. The largest absolute Gasteiger partial charge is 0.481 e. The highest BCUT2D eigenvalue weighted by molar-refractivity contribution is 9.10. The number of carbonyl (C=O) groups is 2. The van der Waals surface area contributed by atoms with Gasteiger partial charge in [-0.25, -0.2) is 0 Å². The number of carboxylic acids is 1. The number of carboxylic acid groups (broad SMARTS) is 1. The lowest BCUT2D eigenvalue weighted by molar-refractivity contribution is -0.385. The first-order valence-corrected chi connectivity index (χ1v) is 5.06. The molecule has 0 bridgehead atoms. The van der Waals surface area contributed by atoms with Gasteiger partial charge in [0.05, 0.1) is 9.40 Å². The standard InChI is InChI=1S/C9H6BrNO6/c10-6-3-5(11(15)16)1-2-7(6)17-9(14)4-8(12)13/h1-3H,4H2,(H,12,13). The number of nitro benzene ring substituents is 1. The van der Waals surface area contributed by atoms with E-state index in [1.165, 1.54) is 6.07 Å². The Labute approximate surface area is 103 Å². The van der Waals surface area contributed by atoms with Gasteiger partial charge in [-0.1, -0.05) is 0 Å². The van der Waals surface area contributed by atoms with Crippen molar-refractivity contribution in [3.05, 3.63) is 32.8 Å². The normalized spacial score (nSPS) is 9.71. The van der Waals surface area contributed by atoms with Crippen LogP contribution >= 0.6 is 15.9 Å². The van der Waals surface area contributed by atoms with E-state index in [1.807, 2.05) is 0 Å². The maximum Gasteiger partial charge on any atom is 0.322 e. The van der Waals surface area contributed by atoms with Crippen LogP contribution in [0, 0.1) is 10.1 Å². The number of aliphatic carboxylic acids is 1. The summed E-state index contributed by atoms with van der Waals surface area (Å²) >= 11 is 2.98. The molecular formula is C9H6BrNO6. The van der Waals surface area contributed by atoms with Gasteiger partial charge in [-0.05, 0) is 22.0 Å². The molecule has 1 N–H and O–H groups in total. The molecule has 0 radical (unpaired) electrons. The molecule has 0 amide bonds. The molecule has 8 heteroatoms. The zero-order chi connectivity index (χ0) is 13.0. The first-order valence-electron chi connectivity index (χ1n) is 4.26. The predicted octanol–water partition coefficient (Wildman–Crippen LogP) is 1.74. The Kier molecular flexibility index (Phi) is 4.16. The van der Waals surface area contributed by atoms with Crippen LogP contribution in [0.5, 0.6) is 5.75 Å². The van der Waals surface area contributed by atoms with E-state index < -0.39 is 23.3 Å². The molecule has 0 saturated carbocycles. The van der Waals surface area contributed by atoms with Gasteiger partial charge in [0, 0.05) is 12.1 Å². The van der Waals surface area contributed by atoms with Crippen LogP contribution in [0.1, 0.15) is 6.42 Å². The van der Waals surface area contributed by atoms with E-state index in [4.69, 9.17) is 9.84 Å². The summed E-state index contributed by atoms with van der Waals surface area (Å²) in [6, 6.07) is 3.51. The van der Waals surface area contributed by atoms with Gasteiger partial charge in [0.25, 0.3) is 5.69 Å². The number of hydrogen-bond donors (Lipinski definition) is 1. The molecule has 0 spiro atoms. The van der Waals surface area contributed by atoms with Crippen molar-refractivity contribution in [2.24, 2.45) is 0 Å². The second-order valence-electron chi connectivity index (χ2n) is 2.92. The van der Waals surface area contributed by atoms with E-state index in [-0.39, 0.29) is 15.9 Å². The molecule has 17 heavy (non-hydrogen) atoms. The van der Waals surface area contributed by atoms with Crippen molar-refractivity contribution in [2.75, 3.05) is 0 Å². The quantitative estimate of drug-likeness (QED) is 0.298. The van der Waals surface area contributed by atoms with Gasteiger partial charge in [-0.3, -0.25) is 19.7 Å². The number of nitro groups is 1. The summed E-state index contributed by atoms with van der Waals surface area (Å²) in [4.78, 5) is 31.1. The molecule has 1 aromatic rings. The smallest absolute Gasteiger partial charge is 0.322 e. The molecule has 7 nitrogen and oxygen atoms in total. The zero-order valence-corrected chi connectivity index (χ0v) is 9.84. The van der Waals surface area contributed by atoms with Crippen LogP contribution in [-0.4, -0.2) is 22.0 Å². The Morgan fingerprint density at radius 2 is 2.12 bits per heavy atom. The van der Waals surface area contributed by atoms with Crippen molar-refractivity contribution in [2.45, 2.75) is 6.42 Å². The van der Waals surface area contributed by atoms with Crippen molar-refractivity contribution in [1.29, 1.82) is 0 Å². The van der Waals surface area contributed by atoms with E-state index in [0.717, 1.165) is 12.1 Å². The molecule has 0 aliphatic heterocycles. The third kappa shape index (κ3) is 3.83. The number of halogens is 1. The minimum Gasteiger partial charge on any atom is -0.481 e. The van der Waals surface area contributed by atoms with Crippen LogP contribution < -0.4 is 4.74 Å². The molecule has 90 valence electrons. The summed E-state index contributed by atoms with van der Waals surface area (Å²) < 4.78 is 4.90. The number of esters is 1. The van der Waals surface area contributed by atoms with Gasteiger partial charge >= 0.3 is 11.9 Å².